The third-order valence-electron chi connectivity index (χ3n) is 4.44. The Hall–Kier alpha value is -2.55. The van der Waals surface area contributed by atoms with E-state index in [0.29, 0.717) is 38.6 Å². The van der Waals surface area contributed by atoms with E-state index in [9.17, 15) is 13.2 Å². The Balaban J connectivity index is 1.57. The third kappa shape index (κ3) is 5.98. The van der Waals surface area contributed by atoms with Crippen molar-refractivity contribution < 1.29 is 13.2 Å². The smallest absolute Gasteiger partial charge is 0.357 e. The van der Waals surface area contributed by atoms with Gasteiger partial charge in [0.05, 0.1) is 25.0 Å². The molecule has 1 aliphatic heterocycles. The van der Waals surface area contributed by atoms with Crippen LogP contribution in [0.4, 0.5) is 13.2 Å². The van der Waals surface area contributed by atoms with E-state index < -0.39 is 12.7 Å². The van der Waals surface area contributed by atoms with Gasteiger partial charge in [0, 0.05) is 37.4 Å². The second-order valence-corrected chi connectivity index (χ2v) is 6.80. The average molecular weight is 394 g/mol. The largest absolute Gasteiger partial charge is 0.401 e. The Morgan fingerprint density at radius 2 is 2.07 bits per heavy atom. The zero-order valence-electron chi connectivity index (χ0n) is 15.8. The SMILES string of the molecule is CCNC(=NCc1cnn(-c2ccccc2)c1)NC1CCN(CC(F)(F)F)C1. The van der Waals surface area contributed by atoms with Crippen LogP contribution in [0.15, 0.2) is 47.7 Å². The van der Waals surface area contributed by atoms with Gasteiger partial charge in [-0.05, 0) is 25.5 Å². The molecule has 2 N–H and O–H groups in total. The minimum absolute atomic E-state index is 0.0489. The van der Waals surface area contributed by atoms with Crippen LogP contribution < -0.4 is 10.6 Å². The number of aliphatic imine (C=N–C) groups is 1. The highest BCUT2D eigenvalue weighted by Crippen LogP contribution is 2.20. The molecule has 0 bridgehead atoms. The molecule has 1 aliphatic rings. The first-order valence-electron chi connectivity index (χ1n) is 9.36. The maximum absolute atomic E-state index is 12.5. The molecular formula is C19H25F3N6. The average Bonchev–Trinajstić information content (AvgIpc) is 3.29. The van der Waals surface area contributed by atoms with Crippen LogP contribution in [0.3, 0.4) is 0 Å². The van der Waals surface area contributed by atoms with Gasteiger partial charge in [0.1, 0.15) is 0 Å². The molecule has 3 rings (SSSR count). The fourth-order valence-corrected chi connectivity index (χ4v) is 3.20. The topological polar surface area (TPSA) is 57.5 Å². The van der Waals surface area contributed by atoms with Crippen LogP contribution in [-0.4, -0.2) is 59.0 Å². The molecule has 1 unspecified atom stereocenters. The summed E-state index contributed by atoms with van der Waals surface area (Å²) >= 11 is 0. The van der Waals surface area contributed by atoms with E-state index in [2.05, 4.69) is 20.7 Å². The van der Waals surface area contributed by atoms with Gasteiger partial charge >= 0.3 is 6.18 Å². The molecule has 152 valence electrons. The third-order valence-corrected chi connectivity index (χ3v) is 4.44. The molecule has 2 heterocycles. The number of guanidine groups is 1. The summed E-state index contributed by atoms with van der Waals surface area (Å²) in [5, 5.41) is 10.7. The van der Waals surface area contributed by atoms with Gasteiger partial charge in [0.15, 0.2) is 5.96 Å². The van der Waals surface area contributed by atoms with E-state index in [1.807, 2.05) is 43.5 Å². The van der Waals surface area contributed by atoms with Crippen LogP contribution in [0.1, 0.15) is 18.9 Å². The Morgan fingerprint density at radius 3 is 2.79 bits per heavy atom. The fourth-order valence-electron chi connectivity index (χ4n) is 3.20. The summed E-state index contributed by atoms with van der Waals surface area (Å²) in [6.45, 7) is 2.98. The number of hydrogen-bond donors (Lipinski definition) is 2. The van der Waals surface area contributed by atoms with Crippen LogP contribution >= 0.6 is 0 Å². The lowest BCUT2D eigenvalue weighted by Gasteiger charge is -2.19. The van der Waals surface area contributed by atoms with E-state index in [-0.39, 0.29) is 6.04 Å². The molecule has 0 spiro atoms. The lowest BCUT2D eigenvalue weighted by atomic mass is 10.3. The number of rotatable bonds is 6. The number of nitrogens with zero attached hydrogens (tertiary/aromatic N) is 4. The van der Waals surface area contributed by atoms with Crippen LogP contribution in [0.2, 0.25) is 0 Å². The number of hydrogen-bond acceptors (Lipinski definition) is 3. The lowest BCUT2D eigenvalue weighted by molar-refractivity contribution is -0.143. The van der Waals surface area contributed by atoms with Crippen molar-refractivity contribution >= 4 is 5.96 Å². The Labute approximate surface area is 162 Å². The molecule has 1 saturated heterocycles. The maximum atomic E-state index is 12.5. The highest BCUT2D eigenvalue weighted by Gasteiger charge is 2.34. The molecule has 9 heteroatoms. The van der Waals surface area contributed by atoms with Crippen molar-refractivity contribution in [2.24, 2.45) is 4.99 Å². The van der Waals surface area contributed by atoms with Gasteiger partial charge in [0.2, 0.25) is 0 Å². The summed E-state index contributed by atoms with van der Waals surface area (Å²) in [5.41, 5.74) is 1.92. The van der Waals surface area contributed by atoms with E-state index in [1.165, 1.54) is 4.90 Å². The molecular weight excluding hydrogens is 369 g/mol. The Bertz CT molecular complexity index is 771. The molecule has 2 aromatic rings. The number of nitrogens with one attached hydrogen (secondary N) is 2. The molecule has 1 fully saturated rings. The van der Waals surface area contributed by atoms with Gasteiger partial charge in [-0.1, -0.05) is 18.2 Å². The zero-order chi connectivity index (χ0) is 20.0. The lowest BCUT2D eigenvalue weighted by Crippen LogP contribution is -2.45. The summed E-state index contributed by atoms with van der Waals surface area (Å²) in [5.74, 6) is 0.605. The molecule has 0 aliphatic carbocycles. The van der Waals surface area contributed by atoms with Crippen molar-refractivity contribution in [3.8, 4) is 5.69 Å². The van der Waals surface area contributed by atoms with Gasteiger partial charge < -0.3 is 10.6 Å². The second-order valence-electron chi connectivity index (χ2n) is 6.80. The van der Waals surface area contributed by atoms with Crippen molar-refractivity contribution in [1.29, 1.82) is 0 Å². The summed E-state index contributed by atoms with van der Waals surface area (Å²) in [4.78, 5) is 5.98. The standard InChI is InChI=1S/C19H25F3N6/c1-2-23-18(26-16-8-9-27(13-16)14-19(20,21)22)24-10-15-11-25-28(12-15)17-6-4-3-5-7-17/h3-7,11-12,16H,2,8-10,13-14H2,1H3,(H2,23,24,26). The number of halogens is 3. The summed E-state index contributed by atoms with van der Waals surface area (Å²) in [6.07, 6.45) is 0.183. The first-order valence-corrected chi connectivity index (χ1v) is 9.36. The minimum atomic E-state index is -4.16. The number of para-hydroxylation sites is 1. The van der Waals surface area contributed by atoms with E-state index in [0.717, 1.165) is 11.3 Å². The molecule has 28 heavy (non-hydrogen) atoms. The van der Waals surface area contributed by atoms with Crippen molar-refractivity contribution in [2.75, 3.05) is 26.2 Å². The number of benzene rings is 1. The quantitative estimate of drug-likeness (QED) is 0.584. The fraction of sp³-hybridized carbons (Fsp3) is 0.474. The summed E-state index contributed by atoms with van der Waals surface area (Å²) < 4.78 is 39.4. The predicted molar refractivity (Wildman–Crippen MR) is 102 cm³/mol. The molecule has 0 amide bonds. The molecule has 1 aromatic heterocycles. The van der Waals surface area contributed by atoms with Gasteiger partial charge in [-0.3, -0.25) is 4.90 Å². The van der Waals surface area contributed by atoms with Crippen molar-refractivity contribution in [3.05, 3.63) is 48.3 Å². The summed E-state index contributed by atoms with van der Waals surface area (Å²) in [6, 6.07) is 9.74. The maximum Gasteiger partial charge on any atom is 0.401 e. The van der Waals surface area contributed by atoms with Crippen LogP contribution in [0.25, 0.3) is 5.69 Å². The van der Waals surface area contributed by atoms with Crippen LogP contribution in [-0.2, 0) is 6.54 Å². The minimum Gasteiger partial charge on any atom is -0.357 e. The normalized spacial score (nSPS) is 18.4. The van der Waals surface area contributed by atoms with Gasteiger partial charge in [-0.25, -0.2) is 9.67 Å². The molecule has 1 atom stereocenters. The zero-order valence-corrected chi connectivity index (χ0v) is 15.8. The number of aromatic nitrogens is 2. The summed E-state index contributed by atoms with van der Waals surface area (Å²) in [7, 11) is 0. The van der Waals surface area contributed by atoms with E-state index >= 15 is 0 Å². The van der Waals surface area contributed by atoms with E-state index in [1.54, 1.807) is 10.9 Å². The predicted octanol–water partition coefficient (Wildman–Crippen LogP) is 2.56. The first-order chi connectivity index (χ1) is 13.4. The van der Waals surface area contributed by atoms with E-state index in [4.69, 9.17) is 0 Å². The highest BCUT2D eigenvalue weighted by molar-refractivity contribution is 5.80. The second kappa shape index (κ2) is 9.09. The van der Waals surface area contributed by atoms with Crippen LogP contribution in [0, 0.1) is 0 Å². The Morgan fingerprint density at radius 1 is 1.29 bits per heavy atom. The highest BCUT2D eigenvalue weighted by atomic mass is 19.4. The first kappa shape index (κ1) is 20.2. The van der Waals surface area contributed by atoms with Gasteiger partial charge in [-0.15, -0.1) is 0 Å². The van der Waals surface area contributed by atoms with Crippen LogP contribution in [0.5, 0.6) is 0 Å². The number of likely N-dealkylation sites (tertiary alicyclic amines) is 1. The van der Waals surface area contributed by atoms with Crippen molar-refractivity contribution in [3.63, 3.8) is 0 Å². The molecule has 0 radical (unpaired) electrons. The monoisotopic (exact) mass is 394 g/mol. The molecule has 1 aromatic carbocycles. The number of alkyl halides is 3. The van der Waals surface area contributed by atoms with Gasteiger partial charge in [0.25, 0.3) is 0 Å². The van der Waals surface area contributed by atoms with Crippen molar-refractivity contribution in [1.82, 2.24) is 25.3 Å². The Kier molecular flexibility index (Phi) is 6.56. The van der Waals surface area contributed by atoms with Gasteiger partial charge in [-0.2, -0.15) is 18.3 Å². The van der Waals surface area contributed by atoms with Crippen molar-refractivity contribution in [2.45, 2.75) is 32.1 Å². The molecule has 0 saturated carbocycles. The molecule has 6 nitrogen and oxygen atoms in total.